The third kappa shape index (κ3) is 7.17. The van der Waals surface area contributed by atoms with E-state index in [4.69, 9.17) is 27.9 Å². The summed E-state index contributed by atoms with van der Waals surface area (Å²) in [6.07, 6.45) is 1.46. The fourth-order valence-electron chi connectivity index (χ4n) is 2.02. The summed E-state index contributed by atoms with van der Waals surface area (Å²) in [4.78, 5) is 16.2. The van der Waals surface area contributed by atoms with Crippen LogP contribution in [0.1, 0.15) is 24.2 Å². The van der Waals surface area contributed by atoms with Gasteiger partial charge in [-0.1, -0.05) is 36.2 Å². The van der Waals surface area contributed by atoms with Crippen molar-refractivity contribution in [2.75, 3.05) is 13.1 Å². The molecule has 0 aliphatic rings. The molecule has 0 radical (unpaired) electrons. The number of hydrogen-bond acceptors (Lipinski definition) is 4. The van der Waals surface area contributed by atoms with Crippen molar-refractivity contribution in [2.45, 2.75) is 19.9 Å². The first-order valence-corrected chi connectivity index (χ1v) is 8.36. The molecule has 0 bridgehead atoms. The minimum atomic E-state index is -0.181. The fourth-order valence-corrected chi connectivity index (χ4v) is 2.35. The van der Waals surface area contributed by atoms with Crippen LogP contribution < -0.4 is 15.4 Å². The van der Waals surface area contributed by atoms with Gasteiger partial charge in [-0.25, -0.2) is 4.98 Å². The van der Waals surface area contributed by atoms with Gasteiger partial charge in [-0.15, -0.1) is 24.8 Å². The Morgan fingerprint density at radius 2 is 1.96 bits per heavy atom. The van der Waals surface area contributed by atoms with Gasteiger partial charge >= 0.3 is 0 Å². The highest BCUT2D eigenvalue weighted by atomic mass is 35.5. The van der Waals surface area contributed by atoms with Crippen molar-refractivity contribution in [3.63, 3.8) is 0 Å². The maximum Gasteiger partial charge on any atom is 0.252 e. The van der Waals surface area contributed by atoms with Crippen LogP contribution in [-0.2, 0) is 0 Å². The number of halogens is 4. The zero-order valence-corrected chi connectivity index (χ0v) is 17.4. The zero-order chi connectivity index (χ0) is 17.5. The van der Waals surface area contributed by atoms with Gasteiger partial charge in [-0.2, -0.15) is 0 Å². The van der Waals surface area contributed by atoms with E-state index in [2.05, 4.69) is 15.6 Å². The Hall–Kier alpha value is -1.24. The van der Waals surface area contributed by atoms with E-state index in [1.807, 2.05) is 13.8 Å². The highest BCUT2D eigenvalue weighted by molar-refractivity contribution is 6.42. The van der Waals surface area contributed by atoms with E-state index in [-0.39, 0.29) is 36.8 Å². The molecule has 0 saturated carbocycles. The van der Waals surface area contributed by atoms with E-state index in [0.29, 0.717) is 33.8 Å². The Kier molecular flexibility index (Phi) is 11.6. The van der Waals surface area contributed by atoms with Gasteiger partial charge in [-0.05, 0) is 31.7 Å². The molecule has 1 atom stereocenters. The summed E-state index contributed by atoms with van der Waals surface area (Å²) in [5, 5.41) is 6.80. The smallest absolute Gasteiger partial charge is 0.252 e. The summed E-state index contributed by atoms with van der Waals surface area (Å²) < 4.78 is 5.59. The highest BCUT2D eigenvalue weighted by Crippen LogP contribution is 2.33. The van der Waals surface area contributed by atoms with Crippen molar-refractivity contribution in [1.82, 2.24) is 15.6 Å². The van der Waals surface area contributed by atoms with Crippen molar-refractivity contribution in [1.29, 1.82) is 0 Å². The number of benzene rings is 1. The van der Waals surface area contributed by atoms with Crippen molar-refractivity contribution in [3.05, 3.63) is 52.1 Å². The number of nitrogens with zero attached hydrogens (tertiary/aromatic N) is 1. The van der Waals surface area contributed by atoms with Gasteiger partial charge in [0.15, 0.2) is 0 Å². The van der Waals surface area contributed by atoms with E-state index >= 15 is 0 Å². The summed E-state index contributed by atoms with van der Waals surface area (Å²) in [5.74, 6) is 0.560. The standard InChI is InChI=1S/C17H19Cl2N3O2.2ClH/c1-3-20-11(2)9-22-17(23)12-7-8-15(21-10-12)24-14-6-4-5-13(18)16(14)19;;/h4-8,10-11,20H,3,9H2,1-2H3,(H,22,23);2*1H/t11-;;/m1../s1. The monoisotopic (exact) mass is 439 g/mol. The van der Waals surface area contributed by atoms with Gasteiger partial charge in [0, 0.05) is 24.8 Å². The Bertz CT molecular complexity index is 699. The van der Waals surface area contributed by atoms with Gasteiger partial charge in [0.05, 0.1) is 10.6 Å². The molecule has 9 heteroatoms. The Morgan fingerprint density at radius 3 is 2.58 bits per heavy atom. The summed E-state index contributed by atoms with van der Waals surface area (Å²) in [7, 11) is 0. The number of ether oxygens (including phenoxy) is 1. The number of likely N-dealkylation sites (N-methyl/N-ethyl adjacent to an activating group) is 1. The number of carbonyl (C=O) groups is 1. The molecule has 1 amide bonds. The van der Waals surface area contributed by atoms with Gasteiger partial charge in [-0.3, -0.25) is 4.79 Å². The average Bonchev–Trinajstić information content (AvgIpc) is 2.58. The SMILES string of the molecule is CCN[C@H](C)CNC(=O)c1ccc(Oc2cccc(Cl)c2Cl)nc1.Cl.Cl. The second-order valence-electron chi connectivity index (χ2n) is 5.21. The second-order valence-corrected chi connectivity index (χ2v) is 5.99. The maximum atomic E-state index is 12.1. The highest BCUT2D eigenvalue weighted by Gasteiger charge is 2.10. The van der Waals surface area contributed by atoms with Crippen LogP contribution in [0.5, 0.6) is 11.6 Å². The van der Waals surface area contributed by atoms with E-state index in [1.54, 1.807) is 30.3 Å². The number of pyridine rings is 1. The number of nitrogens with one attached hydrogen (secondary N) is 2. The third-order valence-electron chi connectivity index (χ3n) is 3.25. The molecule has 26 heavy (non-hydrogen) atoms. The molecule has 5 nitrogen and oxygen atoms in total. The Morgan fingerprint density at radius 1 is 1.23 bits per heavy atom. The molecular weight excluding hydrogens is 420 g/mol. The van der Waals surface area contributed by atoms with Crippen LogP contribution in [0.4, 0.5) is 0 Å². The molecule has 1 aromatic heterocycles. The van der Waals surface area contributed by atoms with Gasteiger partial charge in [0.2, 0.25) is 5.88 Å². The number of hydrogen-bond donors (Lipinski definition) is 2. The predicted molar refractivity (Wildman–Crippen MR) is 111 cm³/mol. The lowest BCUT2D eigenvalue weighted by atomic mass is 10.2. The molecule has 144 valence electrons. The first-order chi connectivity index (χ1) is 11.5. The van der Waals surface area contributed by atoms with Crippen LogP contribution in [0.2, 0.25) is 10.0 Å². The quantitative estimate of drug-likeness (QED) is 0.651. The number of carbonyl (C=O) groups excluding carboxylic acids is 1. The lowest BCUT2D eigenvalue weighted by Crippen LogP contribution is -2.38. The molecule has 2 rings (SSSR count). The topological polar surface area (TPSA) is 63.2 Å². The van der Waals surface area contributed by atoms with E-state index < -0.39 is 0 Å². The Labute approximate surface area is 175 Å². The van der Waals surface area contributed by atoms with Crippen LogP contribution in [0, 0.1) is 0 Å². The van der Waals surface area contributed by atoms with E-state index in [9.17, 15) is 4.79 Å². The molecule has 1 heterocycles. The zero-order valence-electron chi connectivity index (χ0n) is 14.3. The largest absolute Gasteiger partial charge is 0.437 e. The van der Waals surface area contributed by atoms with Crippen LogP contribution in [0.15, 0.2) is 36.5 Å². The molecule has 0 aliphatic carbocycles. The number of aromatic nitrogens is 1. The van der Waals surface area contributed by atoms with Crippen LogP contribution in [0.3, 0.4) is 0 Å². The number of amides is 1. The first-order valence-electron chi connectivity index (χ1n) is 7.60. The van der Waals surface area contributed by atoms with Gasteiger partial charge in [0.1, 0.15) is 10.8 Å². The molecule has 0 spiro atoms. The molecule has 0 fully saturated rings. The average molecular weight is 441 g/mol. The summed E-state index contributed by atoms with van der Waals surface area (Å²) in [5.41, 5.74) is 0.461. The maximum absolute atomic E-state index is 12.1. The summed E-state index contributed by atoms with van der Waals surface area (Å²) in [6.45, 7) is 5.43. The lowest BCUT2D eigenvalue weighted by Gasteiger charge is -2.13. The second kappa shape index (κ2) is 12.2. The lowest BCUT2D eigenvalue weighted by molar-refractivity contribution is 0.0950. The predicted octanol–water partition coefficient (Wildman–Crippen LogP) is 4.75. The molecule has 0 unspecified atom stereocenters. The first kappa shape index (κ1) is 24.8. The summed E-state index contributed by atoms with van der Waals surface area (Å²) >= 11 is 12.0. The Balaban J connectivity index is 0.00000312. The molecule has 2 N–H and O–H groups in total. The molecule has 0 aliphatic heterocycles. The van der Waals surface area contributed by atoms with Crippen LogP contribution >= 0.6 is 48.0 Å². The normalized spacial score (nSPS) is 10.9. The van der Waals surface area contributed by atoms with Crippen molar-refractivity contribution in [3.8, 4) is 11.6 Å². The molecule has 0 saturated heterocycles. The van der Waals surface area contributed by atoms with Crippen molar-refractivity contribution < 1.29 is 9.53 Å². The van der Waals surface area contributed by atoms with Crippen LogP contribution in [0.25, 0.3) is 0 Å². The fraction of sp³-hybridized carbons (Fsp3) is 0.294. The number of rotatable bonds is 7. The molecular formula is C17H21Cl4N3O2. The minimum Gasteiger partial charge on any atom is -0.437 e. The van der Waals surface area contributed by atoms with Gasteiger partial charge < -0.3 is 15.4 Å². The van der Waals surface area contributed by atoms with Crippen LogP contribution in [-0.4, -0.2) is 30.0 Å². The summed E-state index contributed by atoms with van der Waals surface area (Å²) in [6, 6.07) is 8.56. The molecule has 2 aromatic rings. The van der Waals surface area contributed by atoms with Crippen molar-refractivity contribution >= 4 is 53.9 Å². The van der Waals surface area contributed by atoms with Crippen molar-refractivity contribution in [2.24, 2.45) is 0 Å². The third-order valence-corrected chi connectivity index (χ3v) is 4.05. The minimum absolute atomic E-state index is 0. The van der Waals surface area contributed by atoms with E-state index in [0.717, 1.165) is 6.54 Å². The van der Waals surface area contributed by atoms with Gasteiger partial charge in [0.25, 0.3) is 5.91 Å². The molecule has 1 aromatic carbocycles. The van der Waals surface area contributed by atoms with E-state index in [1.165, 1.54) is 6.20 Å².